The maximum Gasteiger partial charge on any atom is 0.0372 e. The summed E-state index contributed by atoms with van der Waals surface area (Å²) < 4.78 is 0. The van der Waals surface area contributed by atoms with Crippen molar-refractivity contribution < 1.29 is 0 Å². The monoisotopic (exact) mass is 158 g/mol. The van der Waals surface area contributed by atoms with Gasteiger partial charge in [0.15, 0.2) is 0 Å². The summed E-state index contributed by atoms with van der Waals surface area (Å²) in [5, 5.41) is 12.1. The SMILES string of the molecule is [O-]N1C=CC=C2C=CC=CC=C21. The van der Waals surface area contributed by atoms with E-state index in [0.29, 0.717) is 5.70 Å². The van der Waals surface area contributed by atoms with Crippen LogP contribution in [0, 0.1) is 5.21 Å². The number of allylic oxidation sites excluding steroid dienone is 7. The van der Waals surface area contributed by atoms with E-state index in [4.69, 9.17) is 0 Å². The highest BCUT2D eigenvalue weighted by atomic mass is 16.5. The minimum atomic E-state index is 0.697. The largest absolute Gasteiger partial charge is 0.754 e. The quantitative estimate of drug-likeness (QED) is 0.540. The van der Waals surface area contributed by atoms with Crippen LogP contribution in [0.1, 0.15) is 0 Å². The first-order valence-corrected chi connectivity index (χ1v) is 3.78. The highest BCUT2D eigenvalue weighted by Gasteiger charge is 2.04. The van der Waals surface area contributed by atoms with Gasteiger partial charge in [0.2, 0.25) is 0 Å². The summed E-state index contributed by atoms with van der Waals surface area (Å²) in [5.41, 5.74) is 1.65. The van der Waals surface area contributed by atoms with E-state index in [0.717, 1.165) is 10.6 Å². The van der Waals surface area contributed by atoms with Crippen LogP contribution in [0.4, 0.5) is 0 Å². The summed E-state index contributed by atoms with van der Waals surface area (Å²) in [6.45, 7) is 0. The highest BCUT2D eigenvalue weighted by Crippen LogP contribution is 2.21. The fraction of sp³-hybridized carbons (Fsp3) is 0. The van der Waals surface area contributed by atoms with Crippen molar-refractivity contribution in [2.24, 2.45) is 0 Å². The van der Waals surface area contributed by atoms with Gasteiger partial charge in [-0.15, -0.1) is 0 Å². The maximum atomic E-state index is 11.2. The lowest BCUT2D eigenvalue weighted by atomic mass is 10.1. The van der Waals surface area contributed by atoms with Crippen LogP contribution in [0.25, 0.3) is 0 Å². The zero-order valence-corrected chi connectivity index (χ0v) is 6.47. The van der Waals surface area contributed by atoms with Crippen molar-refractivity contribution in [1.82, 2.24) is 5.06 Å². The Balaban J connectivity index is 2.46. The number of rotatable bonds is 0. The maximum absolute atomic E-state index is 11.2. The molecular weight excluding hydrogens is 150 g/mol. The number of nitrogens with zero attached hydrogens (tertiary/aromatic N) is 1. The second kappa shape index (κ2) is 2.83. The lowest BCUT2D eigenvalue weighted by Gasteiger charge is -2.31. The molecule has 60 valence electrons. The second-order valence-electron chi connectivity index (χ2n) is 2.59. The molecule has 0 spiro atoms. The van der Waals surface area contributed by atoms with Crippen molar-refractivity contribution in [2.75, 3.05) is 0 Å². The van der Waals surface area contributed by atoms with E-state index in [2.05, 4.69) is 0 Å². The van der Waals surface area contributed by atoms with Gasteiger partial charge >= 0.3 is 0 Å². The molecule has 0 bridgehead atoms. The Labute approximate surface area is 71.1 Å². The molecule has 0 fully saturated rings. The van der Waals surface area contributed by atoms with Gasteiger partial charge in [-0.25, -0.2) is 0 Å². The van der Waals surface area contributed by atoms with Gasteiger partial charge in [-0.2, -0.15) is 0 Å². The molecule has 1 aliphatic heterocycles. The molecule has 0 radical (unpaired) electrons. The fourth-order valence-corrected chi connectivity index (χ4v) is 1.20. The molecular formula is C10H8NO-. The smallest absolute Gasteiger partial charge is 0.0372 e. The Morgan fingerprint density at radius 3 is 2.83 bits per heavy atom. The van der Waals surface area contributed by atoms with Crippen LogP contribution in [0.3, 0.4) is 0 Å². The van der Waals surface area contributed by atoms with Crippen LogP contribution in [-0.4, -0.2) is 5.06 Å². The Hall–Kier alpha value is -1.54. The number of hydrogen-bond acceptors (Lipinski definition) is 2. The average molecular weight is 158 g/mol. The summed E-state index contributed by atoms with van der Waals surface area (Å²) in [7, 11) is 0. The molecule has 0 aromatic carbocycles. The molecule has 0 saturated heterocycles. The van der Waals surface area contributed by atoms with E-state index in [9.17, 15) is 5.21 Å². The third-order valence-corrected chi connectivity index (χ3v) is 1.78. The van der Waals surface area contributed by atoms with Crippen molar-refractivity contribution in [1.29, 1.82) is 0 Å². The Morgan fingerprint density at radius 1 is 1.00 bits per heavy atom. The van der Waals surface area contributed by atoms with E-state index in [1.54, 1.807) is 6.08 Å². The Morgan fingerprint density at radius 2 is 1.92 bits per heavy atom. The van der Waals surface area contributed by atoms with E-state index >= 15 is 0 Å². The van der Waals surface area contributed by atoms with Crippen LogP contribution >= 0.6 is 0 Å². The van der Waals surface area contributed by atoms with Crippen molar-refractivity contribution >= 4 is 0 Å². The van der Waals surface area contributed by atoms with Crippen molar-refractivity contribution in [3.63, 3.8) is 0 Å². The van der Waals surface area contributed by atoms with Crippen LogP contribution in [0.2, 0.25) is 0 Å². The van der Waals surface area contributed by atoms with Crippen LogP contribution in [0.5, 0.6) is 0 Å². The lowest BCUT2D eigenvalue weighted by molar-refractivity contribution is 0.642. The predicted octanol–water partition coefficient (Wildman–Crippen LogP) is 2.25. The van der Waals surface area contributed by atoms with Crippen molar-refractivity contribution in [3.05, 3.63) is 65.2 Å². The molecule has 12 heavy (non-hydrogen) atoms. The topological polar surface area (TPSA) is 26.3 Å². The fourth-order valence-electron chi connectivity index (χ4n) is 1.20. The van der Waals surface area contributed by atoms with Crippen LogP contribution < -0.4 is 0 Å². The van der Waals surface area contributed by atoms with Crippen LogP contribution in [0.15, 0.2) is 60.0 Å². The number of fused-ring (bicyclic) bond motifs is 1. The standard InChI is InChI=1S/C10H8NO/c12-11-8-4-6-9-5-2-1-3-7-10(9)11/h1-8H/q-1. The van der Waals surface area contributed by atoms with Gasteiger partial charge in [0.25, 0.3) is 0 Å². The summed E-state index contributed by atoms with van der Waals surface area (Å²) >= 11 is 0. The highest BCUT2D eigenvalue weighted by molar-refractivity contribution is 5.48. The van der Waals surface area contributed by atoms with Crippen molar-refractivity contribution in [2.45, 2.75) is 0 Å². The zero-order valence-electron chi connectivity index (χ0n) is 6.47. The summed E-state index contributed by atoms with van der Waals surface area (Å²) in [5.74, 6) is 0. The average Bonchev–Trinajstić information content (AvgIpc) is 2.30. The lowest BCUT2D eigenvalue weighted by Crippen LogP contribution is -2.11. The molecule has 0 amide bonds. The van der Waals surface area contributed by atoms with E-state index < -0.39 is 0 Å². The molecule has 2 aliphatic rings. The Bertz CT molecular complexity index is 332. The van der Waals surface area contributed by atoms with Gasteiger partial charge in [-0.3, -0.25) is 0 Å². The third kappa shape index (κ3) is 1.12. The van der Waals surface area contributed by atoms with Gasteiger partial charge < -0.3 is 10.3 Å². The molecule has 2 rings (SSSR count). The summed E-state index contributed by atoms with van der Waals surface area (Å²) in [4.78, 5) is 0. The molecule has 2 heteroatoms. The van der Waals surface area contributed by atoms with E-state index in [1.807, 2.05) is 36.5 Å². The normalized spacial score (nSPS) is 19.9. The molecule has 1 heterocycles. The third-order valence-electron chi connectivity index (χ3n) is 1.78. The molecule has 0 aromatic rings. The van der Waals surface area contributed by atoms with Gasteiger partial charge in [-0.05, 0) is 23.9 Å². The number of hydroxylamine groups is 2. The number of hydrogen-bond donors (Lipinski definition) is 0. The Kier molecular flexibility index (Phi) is 1.68. The van der Waals surface area contributed by atoms with Crippen LogP contribution in [-0.2, 0) is 0 Å². The minimum Gasteiger partial charge on any atom is -0.754 e. The zero-order chi connectivity index (χ0) is 8.39. The first-order valence-electron chi connectivity index (χ1n) is 3.78. The first kappa shape index (κ1) is 7.13. The predicted molar refractivity (Wildman–Crippen MR) is 48.8 cm³/mol. The summed E-state index contributed by atoms with van der Waals surface area (Å²) in [6, 6.07) is 0. The minimum absolute atomic E-state index is 0.697. The molecule has 0 saturated carbocycles. The molecule has 0 unspecified atom stereocenters. The summed E-state index contributed by atoms with van der Waals surface area (Å²) in [6.07, 6.45) is 14.6. The van der Waals surface area contributed by atoms with Gasteiger partial charge in [0.05, 0.1) is 0 Å². The van der Waals surface area contributed by atoms with Crippen molar-refractivity contribution in [3.8, 4) is 0 Å². The first-order chi connectivity index (χ1) is 5.88. The molecule has 0 atom stereocenters. The van der Waals surface area contributed by atoms with Gasteiger partial charge in [-0.1, -0.05) is 30.4 Å². The molecule has 0 aromatic heterocycles. The molecule has 2 nitrogen and oxygen atoms in total. The molecule has 1 aliphatic carbocycles. The van der Waals surface area contributed by atoms with Gasteiger partial charge in [0, 0.05) is 5.70 Å². The molecule has 0 N–H and O–H groups in total. The second-order valence-corrected chi connectivity index (χ2v) is 2.59. The van der Waals surface area contributed by atoms with E-state index in [1.165, 1.54) is 6.20 Å². The van der Waals surface area contributed by atoms with Gasteiger partial charge in [0.1, 0.15) is 0 Å². The van der Waals surface area contributed by atoms with E-state index in [-0.39, 0.29) is 0 Å².